The van der Waals surface area contributed by atoms with E-state index in [2.05, 4.69) is 0 Å². The molecule has 2 atom stereocenters. The summed E-state index contributed by atoms with van der Waals surface area (Å²) >= 11 is 0. The van der Waals surface area contributed by atoms with Crippen LogP contribution in [0.25, 0.3) is 0 Å². The van der Waals surface area contributed by atoms with Crippen molar-refractivity contribution < 1.29 is 14.6 Å². The third kappa shape index (κ3) is 8.51. The first kappa shape index (κ1) is 17.4. The van der Waals surface area contributed by atoms with Crippen molar-refractivity contribution in [3.8, 4) is 0 Å². The predicted molar refractivity (Wildman–Crippen MR) is 74.4 cm³/mol. The van der Waals surface area contributed by atoms with Crippen LogP contribution in [0.5, 0.6) is 0 Å². The van der Waals surface area contributed by atoms with Crippen LogP contribution in [0.1, 0.15) is 72.1 Å². The molecule has 3 nitrogen and oxygen atoms in total. The van der Waals surface area contributed by atoms with E-state index in [1.54, 1.807) is 0 Å². The van der Waals surface area contributed by atoms with Crippen LogP contribution in [0.15, 0.2) is 0 Å². The van der Waals surface area contributed by atoms with E-state index in [1.807, 2.05) is 20.8 Å². The minimum absolute atomic E-state index is 0.0343. The van der Waals surface area contributed by atoms with Gasteiger partial charge in [0.1, 0.15) is 0 Å². The van der Waals surface area contributed by atoms with E-state index in [4.69, 9.17) is 4.74 Å². The maximum atomic E-state index is 11.7. The van der Waals surface area contributed by atoms with Crippen LogP contribution in [-0.4, -0.2) is 23.8 Å². The van der Waals surface area contributed by atoms with Crippen LogP contribution in [0.2, 0.25) is 0 Å². The normalized spacial score (nSPS) is 14.2. The number of aliphatic hydroxyl groups is 1. The molecule has 108 valence electrons. The Morgan fingerprint density at radius 2 is 1.72 bits per heavy atom. The minimum Gasteiger partial charge on any atom is -0.465 e. The van der Waals surface area contributed by atoms with Gasteiger partial charge >= 0.3 is 5.97 Å². The number of carbonyl (C=O) groups is 1. The van der Waals surface area contributed by atoms with Crippen LogP contribution in [-0.2, 0) is 9.53 Å². The third-order valence-corrected chi connectivity index (χ3v) is 3.34. The molecular formula is C15H30O3. The molecule has 18 heavy (non-hydrogen) atoms. The van der Waals surface area contributed by atoms with Gasteiger partial charge in [-0.05, 0) is 32.1 Å². The van der Waals surface area contributed by atoms with Gasteiger partial charge in [-0.3, -0.25) is 4.79 Å². The van der Waals surface area contributed by atoms with Crippen LogP contribution in [0.4, 0.5) is 0 Å². The molecule has 0 bridgehead atoms. The van der Waals surface area contributed by atoms with Gasteiger partial charge in [-0.25, -0.2) is 0 Å². The molecule has 0 spiro atoms. The first-order chi connectivity index (χ1) is 8.65. The summed E-state index contributed by atoms with van der Waals surface area (Å²) in [6.07, 6.45) is 7.43. The van der Waals surface area contributed by atoms with Crippen molar-refractivity contribution in [2.24, 2.45) is 5.92 Å². The summed E-state index contributed by atoms with van der Waals surface area (Å²) in [4.78, 5) is 11.7. The molecule has 0 radical (unpaired) electrons. The maximum absolute atomic E-state index is 11.7. The molecule has 0 saturated carbocycles. The van der Waals surface area contributed by atoms with Crippen molar-refractivity contribution in [3.05, 3.63) is 0 Å². The Bertz CT molecular complexity index is 204. The van der Waals surface area contributed by atoms with Crippen LogP contribution < -0.4 is 0 Å². The summed E-state index contributed by atoms with van der Waals surface area (Å²) in [5.74, 6) is 0.0283. The number of unbranched alkanes of at least 4 members (excludes halogenated alkanes) is 2. The van der Waals surface area contributed by atoms with E-state index in [-0.39, 0.29) is 18.0 Å². The number of ether oxygens (including phenoxy) is 1. The van der Waals surface area contributed by atoms with Gasteiger partial charge in [0.15, 0.2) is 0 Å². The maximum Gasteiger partial charge on any atom is 0.308 e. The van der Waals surface area contributed by atoms with E-state index in [0.29, 0.717) is 6.61 Å². The molecule has 1 N–H and O–H groups in total. The lowest BCUT2D eigenvalue weighted by molar-refractivity contribution is -0.149. The van der Waals surface area contributed by atoms with Crippen molar-refractivity contribution in [1.29, 1.82) is 0 Å². The zero-order valence-electron chi connectivity index (χ0n) is 12.3. The Morgan fingerprint density at radius 1 is 1.06 bits per heavy atom. The fraction of sp³-hybridized carbons (Fsp3) is 0.933. The molecule has 0 aromatic carbocycles. The highest BCUT2D eigenvalue weighted by Gasteiger charge is 2.17. The molecule has 0 amide bonds. The van der Waals surface area contributed by atoms with Gasteiger partial charge in [0.2, 0.25) is 0 Å². The zero-order chi connectivity index (χ0) is 13.8. The standard InChI is InChI=1S/C15H30O3/c1-4-12-18-15(17)13(5-2)10-8-7-9-11-14(16)6-3/h13-14,16H,4-12H2,1-3H3. The predicted octanol–water partition coefficient (Wildman–Crippen LogP) is 3.69. The molecule has 0 fully saturated rings. The van der Waals surface area contributed by atoms with Crippen LogP contribution in [0.3, 0.4) is 0 Å². The highest BCUT2D eigenvalue weighted by Crippen LogP contribution is 2.16. The Hall–Kier alpha value is -0.570. The molecule has 3 heteroatoms. The van der Waals surface area contributed by atoms with Gasteiger partial charge in [0.05, 0.1) is 18.6 Å². The van der Waals surface area contributed by atoms with E-state index in [0.717, 1.165) is 51.4 Å². The highest BCUT2D eigenvalue weighted by molar-refractivity contribution is 5.72. The van der Waals surface area contributed by atoms with Gasteiger partial charge in [-0.1, -0.05) is 40.0 Å². The van der Waals surface area contributed by atoms with Gasteiger partial charge in [-0.15, -0.1) is 0 Å². The minimum atomic E-state index is -0.151. The molecule has 0 saturated heterocycles. The molecule has 0 aliphatic carbocycles. The fourth-order valence-corrected chi connectivity index (χ4v) is 1.96. The summed E-state index contributed by atoms with van der Waals surface area (Å²) in [6.45, 7) is 6.59. The van der Waals surface area contributed by atoms with Crippen LogP contribution in [0, 0.1) is 5.92 Å². The first-order valence-corrected chi connectivity index (χ1v) is 7.50. The number of esters is 1. The van der Waals surface area contributed by atoms with E-state index in [9.17, 15) is 9.90 Å². The molecule has 0 heterocycles. The van der Waals surface area contributed by atoms with Crippen molar-refractivity contribution >= 4 is 5.97 Å². The molecule has 0 aromatic rings. The van der Waals surface area contributed by atoms with E-state index >= 15 is 0 Å². The SMILES string of the molecule is CCCOC(=O)C(CC)CCCCCC(O)CC. The number of rotatable bonds is 11. The first-order valence-electron chi connectivity index (χ1n) is 7.50. The topological polar surface area (TPSA) is 46.5 Å². The Labute approximate surface area is 112 Å². The second kappa shape index (κ2) is 11.5. The quantitative estimate of drug-likeness (QED) is 0.454. The smallest absolute Gasteiger partial charge is 0.308 e. The van der Waals surface area contributed by atoms with Gasteiger partial charge < -0.3 is 9.84 Å². The van der Waals surface area contributed by atoms with E-state index in [1.165, 1.54) is 0 Å². The Balaban J connectivity index is 3.64. The third-order valence-electron chi connectivity index (χ3n) is 3.34. The lowest BCUT2D eigenvalue weighted by Gasteiger charge is -2.14. The average molecular weight is 258 g/mol. The Kier molecular flexibility index (Phi) is 11.2. The molecule has 0 rings (SSSR count). The zero-order valence-corrected chi connectivity index (χ0v) is 12.3. The van der Waals surface area contributed by atoms with E-state index < -0.39 is 0 Å². The number of carbonyl (C=O) groups excluding carboxylic acids is 1. The van der Waals surface area contributed by atoms with Gasteiger partial charge in [0, 0.05) is 0 Å². The number of hydrogen-bond donors (Lipinski definition) is 1. The summed E-state index contributed by atoms with van der Waals surface area (Å²) in [6, 6.07) is 0. The lowest BCUT2D eigenvalue weighted by atomic mass is 9.98. The van der Waals surface area contributed by atoms with Crippen molar-refractivity contribution in [2.45, 2.75) is 78.2 Å². The average Bonchev–Trinajstić information content (AvgIpc) is 2.39. The van der Waals surface area contributed by atoms with Crippen molar-refractivity contribution in [3.63, 3.8) is 0 Å². The lowest BCUT2D eigenvalue weighted by Crippen LogP contribution is -2.17. The van der Waals surface area contributed by atoms with Gasteiger partial charge in [0.25, 0.3) is 0 Å². The summed E-state index contributed by atoms with van der Waals surface area (Å²) < 4.78 is 5.18. The van der Waals surface area contributed by atoms with Crippen molar-refractivity contribution in [2.75, 3.05) is 6.61 Å². The second-order valence-electron chi connectivity index (χ2n) is 4.97. The van der Waals surface area contributed by atoms with Crippen molar-refractivity contribution in [1.82, 2.24) is 0 Å². The van der Waals surface area contributed by atoms with Crippen LogP contribution >= 0.6 is 0 Å². The molecule has 0 aliphatic heterocycles. The molecule has 0 aromatic heterocycles. The summed E-state index contributed by atoms with van der Waals surface area (Å²) in [7, 11) is 0. The molecule has 0 aliphatic rings. The fourth-order valence-electron chi connectivity index (χ4n) is 1.96. The summed E-state index contributed by atoms with van der Waals surface area (Å²) in [5, 5.41) is 9.42. The number of aliphatic hydroxyl groups excluding tert-OH is 1. The van der Waals surface area contributed by atoms with Gasteiger partial charge in [-0.2, -0.15) is 0 Å². The second-order valence-corrected chi connectivity index (χ2v) is 4.97. The molecular weight excluding hydrogens is 228 g/mol. The monoisotopic (exact) mass is 258 g/mol. The Morgan fingerprint density at radius 3 is 2.28 bits per heavy atom. The summed E-state index contributed by atoms with van der Waals surface area (Å²) in [5.41, 5.74) is 0. The largest absolute Gasteiger partial charge is 0.465 e. The number of hydrogen-bond acceptors (Lipinski definition) is 3. The molecule has 2 unspecified atom stereocenters. The highest BCUT2D eigenvalue weighted by atomic mass is 16.5.